The lowest BCUT2D eigenvalue weighted by atomic mass is 10.4. The van der Waals surface area contributed by atoms with E-state index in [9.17, 15) is 4.79 Å². The van der Waals surface area contributed by atoms with Crippen molar-refractivity contribution in [2.45, 2.75) is 19.4 Å². The Morgan fingerprint density at radius 3 is 2.83 bits per heavy atom. The van der Waals surface area contributed by atoms with Gasteiger partial charge in [-0.15, -0.1) is 11.3 Å². The Kier molecular flexibility index (Phi) is 7.52. The van der Waals surface area contributed by atoms with Crippen LogP contribution in [-0.2, 0) is 16.1 Å². The zero-order chi connectivity index (χ0) is 17.4. The Balaban J connectivity index is 1.83. The number of nitrogens with zero attached hydrogens (tertiary/aromatic N) is 3. The van der Waals surface area contributed by atoms with Gasteiger partial charge in [0.25, 0.3) is 0 Å². The number of likely N-dealkylation sites (N-methyl/N-ethyl adjacent to an activating group) is 2. The van der Waals surface area contributed by atoms with E-state index in [2.05, 4.69) is 21.8 Å². The van der Waals surface area contributed by atoms with E-state index in [1.165, 1.54) is 17.7 Å². The Bertz CT molecular complexity index is 527. The number of carbonyl (C=O) groups is 1. The van der Waals surface area contributed by atoms with Crippen LogP contribution in [0.1, 0.15) is 17.7 Å². The molecule has 2 rings (SSSR count). The Hall–Kier alpha value is -1.60. The molecule has 0 spiro atoms. The van der Waals surface area contributed by atoms with Crippen molar-refractivity contribution in [2.24, 2.45) is 10.9 Å². The SMILES string of the molecule is CN(C)C(=O)CN=C(NCc1cccs1)N(C)CCOCC1CC1. The van der Waals surface area contributed by atoms with Gasteiger partial charge in [-0.3, -0.25) is 4.79 Å². The Morgan fingerprint density at radius 2 is 2.21 bits per heavy atom. The van der Waals surface area contributed by atoms with Crippen LogP contribution in [0.15, 0.2) is 22.5 Å². The van der Waals surface area contributed by atoms with Crippen molar-refractivity contribution in [3.05, 3.63) is 22.4 Å². The molecule has 0 aliphatic heterocycles. The number of amides is 1. The summed E-state index contributed by atoms with van der Waals surface area (Å²) in [6.07, 6.45) is 2.61. The molecule has 1 saturated carbocycles. The van der Waals surface area contributed by atoms with Gasteiger partial charge in [-0.05, 0) is 30.2 Å². The Morgan fingerprint density at radius 1 is 1.42 bits per heavy atom. The van der Waals surface area contributed by atoms with E-state index in [1.807, 2.05) is 18.0 Å². The van der Waals surface area contributed by atoms with E-state index in [0.29, 0.717) is 13.2 Å². The summed E-state index contributed by atoms with van der Waals surface area (Å²) < 4.78 is 5.70. The van der Waals surface area contributed by atoms with Gasteiger partial charge in [0.2, 0.25) is 5.91 Å². The van der Waals surface area contributed by atoms with Crippen LogP contribution in [0.25, 0.3) is 0 Å². The first-order valence-electron chi connectivity index (χ1n) is 8.36. The largest absolute Gasteiger partial charge is 0.379 e. The van der Waals surface area contributed by atoms with Crippen molar-refractivity contribution < 1.29 is 9.53 Å². The topological polar surface area (TPSA) is 57.2 Å². The van der Waals surface area contributed by atoms with Gasteiger partial charge in [0.15, 0.2) is 5.96 Å². The van der Waals surface area contributed by atoms with Crippen molar-refractivity contribution in [2.75, 3.05) is 47.4 Å². The van der Waals surface area contributed by atoms with Crippen molar-refractivity contribution in [3.63, 3.8) is 0 Å². The highest BCUT2D eigenvalue weighted by molar-refractivity contribution is 7.09. The van der Waals surface area contributed by atoms with Crippen LogP contribution in [0, 0.1) is 5.92 Å². The summed E-state index contributed by atoms with van der Waals surface area (Å²) in [5.41, 5.74) is 0. The predicted molar refractivity (Wildman–Crippen MR) is 98.3 cm³/mol. The third-order valence-corrected chi connectivity index (χ3v) is 4.72. The maximum atomic E-state index is 11.8. The molecule has 24 heavy (non-hydrogen) atoms. The third kappa shape index (κ3) is 6.88. The zero-order valence-electron chi connectivity index (χ0n) is 14.8. The second kappa shape index (κ2) is 9.64. The number of rotatable bonds is 9. The molecule has 1 aliphatic carbocycles. The maximum Gasteiger partial charge on any atom is 0.243 e. The number of hydrogen-bond acceptors (Lipinski definition) is 4. The molecule has 1 heterocycles. The highest BCUT2D eigenvalue weighted by Gasteiger charge is 2.21. The predicted octanol–water partition coefficient (Wildman–Crippen LogP) is 1.64. The van der Waals surface area contributed by atoms with E-state index in [4.69, 9.17) is 4.74 Å². The highest BCUT2D eigenvalue weighted by Crippen LogP contribution is 2.28. The Labute approximate surface area is 148 Å². The lowest BCUT2D eigenvalue weighted by molar-refractivity contribution is -0.127. The van der Waals surface area contributed by atoms with Crippen LogP contribution in [0.5, 0.6) is 0 Å². The summed E-state index contributed by atoms with van der Waals surface area (Å²) in [7, 11) is 5.46. The molecule has 134 valence electrons. The van der Waals surface area contributed by atoms with Gasteiger partial charge in [-0.1, -0.05) is 6.07 Å². The van der Waals surface area contributed by atoms with Gasteiger partial charge in [-0.25, -0.2) is 4.99 Å². The number of carbonyl (C=O) groups excluding carboxylic acids is 1. The fourth-order valence-electron chi connectivity index (χ4n) is 2.02. The number of hydrogen-bond donors (Lipinski definition) is 1. The molecule has 7 heteroatoms. The van der Waals surface area contributed by atoms with Crippen LogP contribution in [-0.4, -0.2) is 69.1 Å². The van der Waals surface area contributed by atoms with Crippen LogP contribution in [0.2, 0.25) is 0 Å². The van der Waals surface area contributed by atoms with Crippen LogP contribution >= 0.6 is 11.3 Å². The lowest BCUT2D eigenvalue weighted by Gasteiger charge is -2.22. The fraction of sp³-hybridized carbons (Fsp3) is 0.647. The summed E-state index contributed by atoms with van der Waals surface area (Å²) >= 11 is 1.70. The normalized spacial score (nSPS) is 14.5. The summed E-state index contributed by atoms with van der Waals surface area (Å²) in [5, 5.41) is 5.39. The van der Waals surface area contributed by atoms with Gasteiger partial charge >= 0.3 is 0 Å². The van der Waals surface area contributed by atoms with Crippen molar-refractivity contribution in [3.8, 4) is 0 Å². The number of thiophene rings is 1. The molecule has 1 fully saturated rings. The molecule has 0 aromatic carbocycles. The molecule has 0 radical (unpaired) electrons. The average molecular weight is 353 g/mol. The minimum absolute atomic E-state index is 0.0104. The molecule has 0 atom stereocenters. The smallest absolute Gasteiger partial charge is 0.243 e. The van der Waals surface area contributed by atoms with Crippen LogP contribution in [0.3, 0.4) is 0 Å². The molecule has 1 aromatic heterocycles. The second-order valence-corrected chi connectivity index (χ2v) is 7.33. The number of nitrogens with one attached hydrogen (secondary N) is 1. The lowest BCUT2D eigenvalue weighted by Crippen LogP contribution is -2.41. The van der Waals surface area contributed by atoms with E-state index < -0.39 is 0 Å². The molecular weight excluding hydrogens is 324 g/mol. The molecule has 1 aromatic rings. The monoisotopic (exact) mass is 352 g/mol. The van der Waals surface area contributed by atoms with Gasteiger partial charge < -0.3 is 19.9 Å². The molecule has 0 saturated heterocycles. The van der Waals surface area contributed by atoms with E-state index in [0.717, 1.165) is 25.0 Å². The van der Waals surface area contributed by atoms with E-state index >= 15 is 0 Å². The summed E-state index contributed by atoms with van der Waals surface area (Å²) in [6, 6.07) is 4.11. The van der Waals surface area contributed by atoms with Gasteiger partial charge in [0.05, 0.1) is 13.2 Å². The average Bonchev–Trinajstić information content (AvgIpc) is 3.24. The van der Waals surface area contributed by atoms with Crippen LogP contribution in [0.4, 0.5) is 0 Å². The molecule has 1 aliphatic rings. The minimum atomic E-state index is -0.0104. The molecule has 1 N–H and O–H groups in total. The third-order valence-electron chi connectivity index (χ3n) is 3.85. The van der Waals surface area contributed by atoms with E-state index in [-0.39, 0.29) is 12.5 Å². The number of aliphatic imine (C=N–C) groups is 1. The minimum Gasteiger partial charge on any atom is -0.379 e. The molecule has 0 bridgehead atoms. The highest BCUT2D eigenvalue weighted by atomic mass is 32.1. The summed E-state index contributed by atoms with van der Waals surface area (Å²) in [5.74, 6) is 1.50. The first-order chi connectivity index (χ1) is 11.6. The van der Waals surface area contributed by atoms with Gasteiger partial charge in [-0.2, -0.15) is 0 Å². The maximum absolute atomic E-state index is 11.8. The fourth-order valence-corrected chi connectivity index (χ4v) is 2.66. The molecule has 6 nitrogen and oxygen atoms in total. The van der Waals surface area contributed by atoms with Crippen molar-refractivity contribution in [1.82, 2.24) is 15.1 Å². The molecule has 1 amide bonds. The molecule has 0 unspecified atom stereocenters. The standard InChI is InChI=1S/C17H28N4O2S/c1-20(2)16(22)12-19-17(18-11-15-5-4-10-24-15)21(3)8-9-23-13-14-6-7-14/h4-5,10,14H,6-9,11-13H2,1-3H3,(H,18,19). The zero-order valence-corrected chi connectivity index (χ0v) is 15.6. The van der Waals surface area contributed by atoms with Gasteiger partial charge in [0.1, 0.15) is 6.54 Å². The number of guanidine groups is 1. The first kappa shape index (κ1) is 18.7. The van der Waals surface area contributed by atoms with Crippen LogP contribution < -0.4 is 5.32 Å². The summed E-state index contributed by atoms with van der Waals surface area (Å²) in [4.78, 5) is 21.1. The first-order valence-corrected chi connectivity index (χ1v) is 9.24. The summed E-state index contributed by atoms with van der Waals surface area (Å²) in [6.45, 7) is 3.14. The van der Waals surface area contributed by atoms with Crippen molar-refractivity contribution in [1.29, 1.82) is 0 Å². The van der Waals surface area contributed by atoms with Gasteiger partial charge in [0, 0.05) is 39.2 Å². The van der Waals surface area contributed by atoms with E-state index in [1.54, 1.807) is 30.3 Å². The molecular formula is C17H28N4O2S. The quantitative estimate of drug-likeness (QED) is 0.417. The van der Waals surface area contributed by atoms with Crippen molar-refractivity contribution >= 4 is 23.2 Å². The second-order valence-electron chi connectivity index (χ2n) is 6.30. The number of ether oxygens (including phenoxy) is 1.